The van der Waals surface area contributed by atoms with Crippen molar-refractivity contribution in [1.82, 2.24) is 0 Å². The maximum Gasteiger partial charge on any atom is 0.134 e. The molecule has 2 aromatic carbocycles. The Morgan fingerprint density at radius 2 is 1.61 bits per heavy atom. The molecule has 0 amide bonds. The lowest BCUT2D eigenvalue weighted by atomic mass is 9.89. The second kappa shape index (κ2) is 12.3. The smallest absolute Gasteiger partial charge is 0.134 e. The zero-order chi connectivity index (χ0) is 20.2. The lowest BCUT2D eigenvalue weighted by Crippen LogP contribution is -2.26. The molecular weight excluding hydrogens is 412 g/mol. The van der Waals surface area contributed by atoms with Crippen molar-refractivity contribution in [3.63, 3.8) is 0 Å². The minimum Gasteiger partial charge on any atom is -0.488 e. The van der Waals surface area contributed by atoms with Crippen LogP contribution in [0.5, 0.6) is 5.75 Å². The topological polar surface area (TPSA) is 18.5 Å². The van der Waals surface area contributed by atoms with Gasteiger partial charge in [0, 0.05) is 6.61 Å². The van der Waals surface area contributed by atoms with Crippen LogP contribution < -0.4 is 4.74 Å². The van der Waals surface area contributed by atoms with E-state index in [9.17, 15) is 0 Å². The third kappa shape index (κ3) is 7.25. The number of halogens is 1. The summed E-state index contributed by atoms with van der Waals surface area (Å²) in [5.74, 6) is 0.870. The molecule has 28 heavy (non-hydrogen) atoms. The van der Waals surface area contributed by atoms with E-state index in [4.69, 9.17) is 9.47 Å². The molecule has 1 atom stereocenters. The summed E-state index contributed by atoms with van der Waals surface area (Å²) < 4.78 is 13.4. The monoisotopic (exact) mass is 446 g/mol. The number of hydrogen-bond acceptors (Lipinski definition) is 2. The Morgan fingerprint density at radius 1 is 0.893 bits per heavy atom. The number of rotatable bonds is 13. The minimum atomic E-state index is -0.247. The Balaban J connectivity index is 2.07. The lowest BCUT2D eigenvalue weighted by molar-refractivity contribution is -0.0458. The van der Waals surface area contributed by atoms with Crippen molar-refractivity contribution in [2.75, 3.05) is 6.61 Å². The Morgan fingerprint density at radius 3 is 2.29 bits per heavy atom. The fourth-order valence-corrected chi connectivity index (χ4v) is 3.84. The van der Waals surface area contributed by atoms with Gasteiger partial charge in [-0.2, -0.15) is 0 Å². The highest BCUT2D eigenvalue weighted by Crippen LogP contribution is 2.36. The predicted molar refractivity (Wildman–Crippen MR) is 122 cm³/mol. The average molecular weight is 447 g/mol. The number of unbranched alkanes of at least 4 members (excludes halogenated alkanes) is 4. The van der Waals surface area contributed by atoms with Gasteiger partial charge >= 0.3 is 0 Å². The van der Waals surface area contributed by atoms with Gasteiger partial charge in [-0.15, -0.1) is 0 Å². The van der Waals surface area contributed by atoms with Crippen LogP contribution in [-0.2, 0) is 16.9 Å². The SMILES string of the molecule is CCCCCOC(C)(CCCCC)c1ccc(OCc2ccccc2)c(Br)c1. The van der Waals surface area contributed by atoms with E-state index in [1.165, 1.54) is 43.2 Å². The van der Waals surface area contributed by atoms with Crippen LogP contribution in [0.3, 0.4) is 0 Å². The molecule has 154 valence electrons. The minimum absolute atomic E-state index is 0.247. The van der Waals surface area contributed by atoms with E-state index in [1.807, 2.05) is 18.2 Å². The maximum atomic E-state index is 6.43. The van der Waals surface area contributed by atoms with Crippen molar-refractivity contribution in [3.8, 4) is 5.75 Å². The largest absolute Gasteiger partial charge is 0.488 e. The van der Waals surface area contributed by atoms with Crippen molar-refractivity contribution >= 4 is 15.9 Å². The number of hydrogen-bond donors (Lipinski definition) is 0. The molecule has 0 aliphatic carbocycles. The van der Waals surface area contributed by atoms with Crippen molar-refractivity contribution in [2.45, 2.75) is 77.9 Å². The van der Waals surface area contributed by atoms with Crippen LogP contribution in [0.1, 0.15) is 76.8 Å². The van der Waals surface area contributed by atoms with E-state index in [2.05, 4.69) is 67.0 Å². The third-order valence-corrected chi connectivity index (χ3v) is 5.83. The van der Waals surface area contributed by atoms with E-state index < -0.39 is 0 Å². The standard InChI is InChI=1S/C25H35BrO2/c1-4-6-11-17-25(3,28-18-12-7-5-2)22-15-16-24(23(26)19-22)27-20-21-13-9-8-10-14-21/h8-10,13-16,19H,4-7,11-12,17-18,20H2,1-3H3. The second-order valence-electron chi connectivity index (χ2n) is 7.66. The summed E-state index contributed by atoms with van der Waals surface area (Å²) in [6.07, 6.45) is 8.26. The molecular formula is C25H35BrO2. The summed E-state index contributed by atoms with van der Waals surface area (Å²) in [7, 11) is 0. The van der Waals surface area contributed by atoms with Gasteiger partial charge in [0.1, 0.15) is 12.4 Å². The first-order valence-electron chi connectivity index (χ1n) is 10.7. The highest BCUT2D eigenvalue weighted by Gasteiger charge is 2.27. The molecule has 2 aromatic rings. The van der Waals surface area contributed by atoms with Crippen molar-refractivity contribution in [3.05, 3.63) is 64.1 Å². The van der Waals surface area contributed by atoms with Crippen LogP contribution in [0.15, 0.2) is 53.0 Å². The normalized spacial score (nSPS) is 13.3. The molecule has 0 aliphatic heterocycles. The van der Waals surface area contributed by atoms with E-state index in [0.29, 0.717) is 6.61 Å². The summed E-state index contributed by atoms with van der Waals surface area (Å²) in [5.41, 5.74) is 2.14. The maximum absolute atomic E-state index is 6.43. The van der Waals surface area contributed by atoms with E-state index in [-0.39, 0.29) is 5.60 Å². The van der Waals surface area contributed by atoms with Crippen LogP contribution in [0.25, 0.3) is 0 Å². The zero-order valence-electron chi connectivity index (χ0n) is 17.7. The molecule has 0 bridgehead atoms. The molecule has 0 heterocycles. The molecule has 0 saturated heterocycles. The summed E-state index contributed by atoms with van der Waals surface area (Å²) in [4.78, 5) is 0. The van der Waals surface area contributed by atoms with Gasteiger partial charge < -0.3 is 9.47 Å². The highest BCUT2D eigenvalue weighted by molar-refractivity contribution is 9.10. The lowest BCUT2D eigenvalue weighted by Gasteiger charge is -2.31. The van der Waals surface area contributed by atoms with Gasteiger partial charge in [0.15, 0.2) is 0 Å². The molecule has 0 aliphatic rings. The number of ether oxygens (including phenoxy) is 2. The third-order valence-electron chi connectivity index (χ3n) is 5.21. The Kier molecular flexibility index (Phi) is 10.1. The summed E-state index contributed by atoms with van der Waals surface area (Å²) in [5, 5.41) is 0. The van der Waals surface area contributed by atoms with Gasteiger partial charge in [0.2, 0.25) is 0 Å². The van der Waals surface area contributed by atoms with E-state index in [1.54, 1.807) is 0 Å². The molecule has 0 fully saturated rings. The van der Waals surface area contributed by atoms with Crippen LogP contribution in [0, 0.1) is 0 Å². The fourth-order valence-electron chi connectivity index (χ4n) is 3.34. The first kappa shape index (κ1) is 23.0. The van der Waals surface area contributed by atoms with Gasteiger partial charge in [-0.05, 0) is 59.0 Å². The molecule has 0 aromatic heterocycles. The highest BCUT2D eigenvalue weighted by atomic mass is 79.9. The molecule has 0 N–H and O–H groups in total. The van der Waals surface area contributed by atoms with Gasteiger partial charge in [0.05, 0.1) is 10.1 Å². The summed E-state index contributed by atoms with van der Waals surface area (Å²) in [6, 6.07) is 16.7. The molecule has 0 radical (unpaired) electrons. The Bertz CT molecular complexity index is 686. The second-order valence-corrected chi connectivity index (χ2v) is 8.52. The molecule has 0 saturated carbocycles. The van der Waals surface area contributed by atoms with Crippen molar-refractivity contribution in [2.24, 2.45) is 0 Å². The average Bonchev–Trinajstić information content (AvgIpc) is 2.71. The van der Waals surface area contributed by atoms with Crippen LogP contribution in [-0.4, -0.2) is 6.61 Å². The zero-order valence-corrected chi connectivity index (χ0v) is 19.3. The van der Waals surface area contributed by atoms with Crippen LogP contribution >= 0.6 is 15.9 Å². The Hall–Kier alpha value is -1.32. The Labute approximate surface area is 179 Å². The van der Waals surface area contributed by atoms with Crippen LogP contribution in [0.2, 0.25) is 0 Å². The molecule has 2 nitrogen and oxygen atoms in total. The quantitative estimate of drug-likeness (QED) is 0.289. The number of benzene rings is 2. The predicted octanol–water partition coefficient (Wildman–Crippen LogP) is 8.03. The first-order valence-corrected chi connectivity index (χ1v) is 11.5. The van der Waals surface area contributed by atoms with Gasteiger partial charge in [-0.25, -0.2) is 0 Å². The van der Waals surface area contributed by atoms with Crippen LogP contribution in [0.4, 0.5) is 0 Å². The fraction of sp³-hybridized carbons (Fsp3) is 0.520. The van der Waals surface area contributed by atoms with Crippen molar-refractivity contribution in [1.29, 1.82) is 0 Å². The van der Waals surface area contributed by atoms with E-state index >= 15 is 0 Å². The summed E-state index contributed by atoms with van der Waals surface area (Å²) >= 11 is 3.71. The van der Waals surface area contributed by atoms with Gasteiger partial charge in [-0.1, -0.05) is 82.3 Å². The van der Waals surface area contributed by atoms with E-state index in [0.717, 1.165) is 29.7 Å². The first-order chi connectivity index (χ1) is 13.6. The van der Waals surface area contributed by atoms with Gasteiger partial charge in [0.25, 0.3) is 0 Å². The molecule has 1 unspecified atom stereocenters. The van der Waals surface area contributed by atoms with Gasteiger partial charge in [-0.3, -0.25) is 0 Å². The summed E-state index contributed by atoms with van der Waals surface area (Å²) in [6.45, 7) is 8.10. The molecule has 2 rings (SSSR count). The van der Waals surface area contributed by atoms with Crippen molar-refractivity contribution < 1.29 is 9.47 Å². The molecule has 0 spiro atoms. The molecule has 3 heteroatoms.